The van der Waals surface area contributed by atoms with Crippen LogP contribution in [0.25, 0.3) is 10.9 Å². The topological polar surface area (TPSA) is 57.2 Å². The molecule has 0 unspecified atom stereocenters. The Hall–Kier alpha value is -2.81. The number of carbonyl (C=O) groups excluding carboxylic acids is 1. The number of halogens is 3. The van der Waals surface area contributed by atoms with Crippen LogP contribution >= 0.6 is 0 Å². The predicted molar refractivity (Wildman–Crippen MR) is 109 cm³/mol. The van der Waals surface area contributed by atoms with Crippen molar-refractivity contribution in [2.45, 2.75) is 38.7 Å². The molecular formula is C22H24F3N5O. The smallest absolute Gasteiger partial charge is 0.361 e. The highest BCUT2D eigenvalue weighted by atomic mass is 19.4. The third-order valence-electron chi connectivity index (χ3n) is 6.37. The average molecular weight is 431 g/mol. The van der Waals surface area contributed by atoms with Gasteiger partial charge in [0.1, 0.15) is 5.82 Å². The van der Waals surface area contributed by atoms with Crippen molar-refractivity contribution >= 4 is 16.8 Å². The number of likely N-dealkylation sites (tertiary alicyclic amines) is 1. The number of rotatable bonds is 3. The van der Waals surface area contributed by atoms with Crippen LogP contribution in [-0.4, -0.2) is 49.9 Å². The zero-order chi connectivity index (χ0) is 21.6. The van der Waals surface area contributed by atoms with E-state index in [0.29, 0.717) is 18.9 Å². The Balaban J connectivity index is 1.17. The van der Waals surface area contributed by atoms with E-state index in [-0.39, 0.29) is 18.4 Å². The van der Waals surface area contributed by atoms with Crippen molar-refractivity contribution < 1.29 is 18.0 Å². The molecule has 31 heavy (non-hydrogen) atoms. The predicted octanol–water partition coefficient (Wildman–Crippen LogP) is 3.64. The standard InChI is InChI=1S/C22H24F3N5O/c23-22(24,25)19-13-29-9-10-30(14-20(29)27-19)21(31)16-4-7-28(8-5-16)12-15-1-2-18-17(11-15)3-6-26-18/h1-3,6,11,13,16,26H,4-5,7-10,12,14H2. The highest BCUT2D eigenvalue weighted by Gasteiger charge is 2.37. The molecule has 0 bridgehead atoms. The van der Waals surface area contributed by atoms with Crippen LogP contribution in [0.4, 0.5) is 13.2 Å². The molecule has 1 saturated heterocycles. The molecule has 164 valence electrons. The Morgan fingerprint density at radius 1 is 1.13 bits per heavy atom. The molecule has 0 radical (unpaired) electrons. The monoisotopic (exact) mass is 431 g/mol. The van der Waals surface area contributed by atoms with E-state index in [4.69, 9.17) is 0 Å². The molecule has 6 nitrogen and oxygen atoms in total. The first-order valence-corrected chi connectivity index (χ1v) is 10.6. The Morgan fingerprint density at radius 3 is 2.71 bits per heavy atom. The summed E-state index contributed by atoms with van der Waals surface area (Å²) >= 11 is 0. The number of hydrogen-bond acceptors (Lipinski definition) is 3. The summed E-state index contributed by atoms with van der Waals surface area (Å²) in [5.41, 5.74) is 1.49. The molecular weight excluding hydrogens is 407 g/mol. The van der Waals surface area contributed by atoms with Gasteiger partial charge in [-0.3, -0.25) is 9.69 Å². The van der Waals surface area contributed by atoms with Crippen molar-refractivity contribution in [1.29, 1.82) is 0 Å². The molecule has 2 aromatic heterocycles. The number of nitrogens with one attached hydrogen (secondary N) is 1. The molecule has 0 spiro atoms. The van der Waals surface area contributed by atoms with Gasteiger partial charge in [0.05, 0.1) is 6.54 Å². The summed E-state index contributed by atoms with van der Waals surface area (Å²) in [6.45, 7) is 3.45. The van der Waals surface area contributed by atoms with Crippen molar-refractivity contribution in [1.82, 2.24) is 24.3 Å². The van der Waals surface area contributed by atoms with Gasteiger partial charge in [-0.2, -0.15) is 13.2 Å². The Labute approximate surface area is 177 Å². The van der Waals surface area contributed by atoms with Gasteiger partial charge in [0.15, 0.2) is 5.69 Å². The molecule has 0 saturated carbocycles. The summed E-state index contributed by atoms with van der Waals surface area (Å²) in [6, 6.07) is 8.46. The number of fused-ring (bicyclic) bond motifs is 2. The minimum absolute atomic E-state index is 0.0381. The van der Waals surface area contributed by atoms with E-state index in [0.717, 1.165) is 44.2 Å². The first kappa shape index (κ1) is 20.1. The number of hydrogen-bond donors (Lipinski definition) is 1. The van der Waals surface area contributed by atoms with Gasteiger partial charge >= 0.3 is 6.18 Å². The van der Waals surface area contributed by atoms with Gasteiger partial charge < -0.3 is 14.5 Å². The van der Waals surface area contributed by atoms with Crippen LogP contribution in [0, 0.1) is 5.92 Å². The first-order valence-electron chi connectivity index (χ1n) is 10.6. The van der Waals surface area contributed by atoms with E-state index in [2.05, 4.69) is 39.1 Å². The third kappa shape index (κ3) is 4.06. The van der Waals surface area contributed by atoms with Crippen LogP contribution in [-0.2, 0) is 30.6 Å². The second kappa shape index (κ2) is 7.71. The number of imidazole rings is 1. The highest BCUT2D eigenvalue weighted by molar-refractivity contribution is 5.80. The van der Waals surface area contributed by atoms with Crippen LogP contribution in [0.3, 0.4) is 0 Å². The quantitative estimate of drug-likeness (QED) is 0.689. The first-order chi connectivity index (χ1) is 14.9. The van der Waals surface area contributed by atoms with E-state index in [1.54, 1.807) is 4.90 Å². The van der Waals surface area contributed by atoms with E-state index >= 15 is 0 Å². The minimum atomic E-state index is -4.46. The number of aromatic nitrogens is 3. The van der Waals surface area contributed by atoms with Crippen LogP contribution < -0.4 is 0 Å². The van der Waals surface area contributed by atoms with Crippen molar-refractivity contribution in [3.63, 3.8) is 0 Å². The zero-order valence-corrected chi connectivity index (χ0v) is 17.0. The van der Waals surface area contributed by atoms with Gasteiger partial charge in [-0.1, -0.05) is 6.07 Å². The fourth-order valence-corrected chi connectivity index (χ4v) is 4.63. The fourth-order valence-electron chi connectivity index (χ4n) is 4.63. The summed E-state index contributed by atoms with van der Waals surface area (Å²) in [5, 5.41) is 1.19. The third-order valence-corrected chi connectivity index (χ3v) is 6.37. The summed E-state index contributed by atoms with van der Waals surface area (Å²) in [6.07, 6.45) is 0.0501. The molecule has 1 amide bonds. The van der Waals surface area contributed by atoms with Gasteiger partial charge in [-0.25, -0.2) is 4.98 Å². The number of amides is 1. The summed E-state index contributed by atoms with van der Waals surface area (Å²) in [5.74, 6) is 0.271. The van der Waals surface area contributed by atoms with Crippen LogP contribution in [0.2, 0.25) is 0 Å². The van der Waals surface area contributed by atoms with E-state index in [1.165, 1.54) is 15.5 Å². The normalized spacial score (nSPS) is 18.5. The summed E-state index contributed by atoms with van der Waals surface area (Å²) in [7, 11) is 0. The molecule has 1 N–H and O–H groups in total. The zero-order valence-electron chi connectivity index (χ0n) is 17.0. The number of alkyl halides is 3. The number of carbonyl (C=O) groups is 1. The minimum Gasteiger partial charge on any atom is -0.361 e. The lowest BCUT2D eigenvalue weighted by Gasteiger charge is -2.35. The maximum atomic E-state index is 13.0. The second-order valence-corrected chi connectivity index (χ2v) is 8.44. The Bertz CT molecular complexity index is 1090. The summed E-state index contributed by atoms with van der Waals surface area (Å²) < 4.78 is 40.2. The van der Waals surface area contributed by atoms with Gasteiger partial charge in [-0.15, -0.1) is 0 Å². The number of piperidine rings is 1. The molecule has 0 aliphatic carbocycles. The SMILES string of the molecule is O=C(C1CCN(Cc2ccc3[nH]ccc3c2)CC1)N1CCn2cc(C(F)(F)F)nc2C1. The van der Waals surface area contributed by atoms with Crippen LogP contribution in [0.15, 0.2) is 36.7 Å². The van der Waals surface area contributed by atoms with Crippen molar-refractivity contribution in [2.75, 3.05) is 19.6 Å². The molecule has 9 heteroatoms. The van der Waals surface area contributed by atoms with Crippen molar-refractivity contribution in [2.24, 2.45) is 5.92 Å². The van der Waals surface area contributed by atoms with E-state index < -0.39 is 11.9 Å². The Kier molecular flexibility index (Phi) is 5.00. The summed E-state index contributed by atoms with van der Waals surface area (Å²) in [4.78, 5) is 23.9. The molecule has 4 heterocycles. The molecule has 0 atom stereocenters. The Morgan fingerprint density at radius 2 is 1.94 bits per heavy atom. The van der Waals surface area contributed by atoms with Gasteiger partial charge in [0, 0.05) is 43.5 Å². The number of aromatic amines is 1. The molecule has 2 aliphatic heterocycles. The number of nitrogens with zero attached hydrogens (tertiary/aromatic N) is 4. The van der Waals surface area contributed by atoms with Gasteiger partial charge in [0.25, 0.3) is 0 Å². The van der Waals surface area contributed by atoms with Crippen LogP contribution in [0.1, 0.15) is 29.9 Å². The molecule has 3 aromatic rings. The number of benzene rings is 1. The van der Waals surface area contributed by atoms with Crippen molar-refractivity contribution in [3.05, 3.63) is 53.7 Å². The maximum Gasteiger partial charge on any atom is 0.434 e. The molecule has 5 rings (SSSR count). The molecule has 2 aliphatic rings. The maximum absolute atomic E-state index is 13.0. The molecule has 1 aromatic carbocycles. The molecule has 1 fully saturated rings. The lowest BCUT2D eigenvalue weighted by atomic mass is 9.94. The van der Waals surface area contributed by atoms with Crippen molar-refractivity contribution in [3.8, 4) is 0 Å². The van der Waals surface area contributed by atoms with Crippen LogP contribution in [0.5, 0.6) is 0 Å². The lowest BCUT2D eigenvalue weighted by molar-refractivity contribution is -0.141. The number of H-pyrrole nitrogens is 1. The van der Waals surface area contributed by atoms with Gasteiger partial charge in [-0.05, 0) is 55.1 Å². The average Bonchev–Trinajstić information content (AvgIpc) is 3.39. The van der Waals surface area contributed by atoms with Gasteiger partial charge in [0.2, 0.25) is 5.91 Å². The lowest BCUT2D eigenvalue weighted by Crippen LogP contribution is -2.45. The fraction of sp³-hybridized carbons (Fsp3) is 0.455. The highest BCUT2D eigenvalue weighted by Crippen LogP contribution is 2.30. The largest absolute Gasteiger partial charge is 0.434 e. The van der Waals surface area contributed by atoms with E-state index in [9.17, 15) is 18.0 Å². The second-order valence-electron chi connectivity index (χ2n) is 8.44. The van der Waals surface area contributed by atoms with E-state index in [1.807, 2.05) is 6.20 Å².